The Bertz CT molecular complexity index is 1070. The van der Waals surface area contributed by atoms with E-state index >= 15 is 0 Å². The molecule has 28 heavy (non-hydrogen) atoms. The molecule has 1 fully saturated rings. The lowest BCUT2D eigenvalue weighted by Crippen LogP contribution is -2.38. The predicted octanol–water partition coefficient (Wildman–Crippen LogP) is 1.30. The second-order valence-electron chi connectivity index (χ2n) is 7.57. The van der Waals surface area contributed by atoms with Gasteiger partial charge in [-0.25, -0.2) is 4.79 Å². The van der Waals surface area contributed by atoms with E-state index in [1.165, 1.54) is 5.56 Å². The highest BCUT2D eigenvalue weighted by atomic mass is 16.2. The Morgan fingerprint density at radius 2 is 1.71 bits per heavy atom. The third-order valence-electron chi connectivity index (χ3n) is 5.56. The molecule has 1 saturated heterocycles. The quantitative estimate of drug-likeness (QED) is 0.678. The van der Waals surface area contributed by atoms with Gasteiger partial charge >= 0.3 is 5.69 Å². The average Bonchev–Trinajstić information content (AvgIpc) is 2.71. The van der Waals surface area contributed by atoms with Gasteiger partial charge in [0.15, 0.2) is 0 Å². The molecule has 6 heteroatoms. The minimum atomic E-state index is -0.446. The van der Waals surface area contributed by atoms with Crippen LogP contribution in [0.15, 0.2) is 64.2 Å². The van der Waals surface area contributed by atoms with Crippen LogP contribution in [0.2, 0.25) is 0 Å². The van der Waals surface area contributed by atoms with Gasteiger partial charge in [0.1, 0.15) is 13.7 Å². The maximum atomic E-state index is 12.6. The molecule has 2 heterocycles. The van der Waals surface area contributed by atoms with E-state index < -0.39 is 5.69 Å². The Balaban J connectivity index is 1.59. The van der Waals surface area contributed by atoms with Gasteiger partial charge in [-0.05, 0) is 29.9 Å². The molecular formula is C22H24BN3O2. The van der Waals surface area contributed by atoms with Crippen LogP contribution in [-0.4, -0.2) is 30.9 Å². The van der Waals surface area contributed by atoms with E-state index in [9.17, 15) is 9.59 Å². The number of H-pyrrole nitrogens is 2. The van der Waals surface area contributed by atoms with Crippen molar-refractivity contribution in [2.45, 2.75) is 25.2 Å². The van der Waals surface area contributed by atoms with Crippen molar-refractivity contribution < 1.29 is 0 Å². The number of hydrogen-bond acceptors (Lipinski definition) is 3. The molecule has 1 aliphatic rings. The Labute approximate surface area is 164 Å². The third kappa shape index (κ3) is 3.96. The molecule has 142 valence electrons. The van der Waals surface area contributed by atoms with Crippen LogP contribution in [0, 0.1) is 0 Å². The van der Waals surface area contributed by atoms with Crippen molar-refractivity contribution in [3.05, 3.63) is 92.1 Å². The molecule has 0 spiro atoms. The molecule has 0 radical (unpaired) electrons. The van der Waals surface area contributed by atoms with Crippen molar-refractivity contribution >= 4 is 19.1 Å². The number of aromatic amines is 2. The van der Waals surface area contributed by atoms with Crippen LogP contribution in [0.25, 0.3) is 0 Å². The van der Waals surface area contributed by atoms with Crippen molar-refractivity contribution in [1.29, 1.82) is 0 Å². The number of anilines is 1. The van der Waals surface area contributed by atoms with Crippen molar-refractivity contribution in [2.24, 2.45) is 0 Å². The summed E-state index contributed by atoms with van der Waals surface area (Å²) in [5.41, 5.74) is 3.47. The van der Waals surface area contributed by atoms with Gasteiger partial charge in [0.25, 0.3) is 5.56 Å². The van der Waals surface area contributed by atoms with E-state index in [0.29, 0.717) is 23.7 Å². The van der Waals surface area contributed by atoms with Crippen molar-refractivity contribution in [3.8, 4) is 0 Å². The number of aromatic nitrogens is 2. The van der Waals surface area contributed by atoms with E-state index in [0.717, 1.165) is 37.0 Å². The first-order valence-corrected chi connectivity index (χ1v) is 9.81. The third-order valence-corrected chi connectivity index (χ3v) is 5.56. The average molecular weight is 373 g/mol. The maximum Gasteiger partial charge on any atom is 0.327 e. The zero-order valence-electron chi connectivity index (χ0n) is 16.1. The second-order valence-corrected chi connectivity index (χ2v) is 7.57. The monoisotopic (exact) mass is 373 g/mol. The molecule has 0 saturated carbocycles. The molecule has 0 amide bonds. The Morgan fingerprint density at radius 3 is 2.43 bits per heavy atom. The van der Waals surface area contributed by atoms with Crippen molar-refractivity contribution in [3.63, 3.8) is 0 Å². The lowest BCUT2D eigenvalue weighted by molar-refractivity contribution is 0.501. The molecule has 3 aromatic rings. The van der Waals surface area contributed by atoms with Crippen LogP contribution >= 0.6 is 0 Å². The van der Waals surface area contributed by atoms with Crippen molar-refractivity contribution in [1.82, 2.24) is 9.97 Å². The lowest BCUT2D eigenvalue weighted by atomic mass is 9.89. The Kier molecular flexibility index (Phi) is 5.19. The minimum Gasteiger partial charge on any atom is -0.358 e. The number of hydrogen-bond donors (Lipinski definition) is 2. The van der Waals surface area contributed by atoms with Crippen LogP contribution < -0.4 is 21.6 Å². The predicted molar refractivity (Wildman–Crippen MR) is 116 cm³/mol. The number of benzene rings is 2. The summed E-state index contributed by atoms with van der Waals surface area (Å²) in [4.78, 5) is 32.0. The summed E-state index contributed by atoms with van der Waals surface area (Å²) in [6.07, 6.45) is 2.51. The lowest BCUT2D eigenvalue weighted by Gasteiger charge is -2.34. The molecule has 1 aromatic heterocycles. The fraction of sp³-hybridized carbons (Fsp3) is 0.273. The summed E-state index contributed by atoms with van der Waals surface area (Å²) in [6, 6.07) is 18.7. The Hall–Kier alpha value is -3.02. The summed E-state index contributed by atoms with van der Waals surface area (Å²) in [5.74, 6) is 1.19. The van der Waals surface area contributed by atoms with Gasteiger partial charge in [0.05, 0.1) is 5.56 Å². The highest BCUT2D eigenvalue weighted by molar-refractivity contribution is 6.32. The highest BCUT2D eigenvalue weighted by Gasteiger charge is 2.24. The van der Waals surface area contributed by atoms with Crippen LogP contribution in [0.4, 0.5) is 5.82 Å². The summed E-state index contributed by atoms with van der Waals surface area (Å²) in [7, 11) is 2.04. The molecule has 0 bridgehead atoms. The smallest absolute Gasteiger partial charge is 0.327 e. The number of nitrogens with one attached hydrogen (secondary N) is 2. The van der Waals surface area contributed by atoms with Gasteiger partial charge in [-0.1, -0.05) is 60.1 Å². The van der Waals surface area contributed by atoms with E-state index in [4.69, 9.17) is 0 Å². The molecule has 0 unspecified atom stereocenters. The molecule has 4 rings (SSSR count). The number of piperidine rings is 1. The molecule has 2 N–H and O–H groups in total. The molecular weight excluding hydrogens is 349 g/mol. The van der Waals surface area contributed by atoms with E-state index in [2.05, 4.69) is 45.2 Å². The van der Waals surface area contributed by atoms with Gasteiger partial charge in [0, 0.05) is 19.5 Å². The summed E-state index contributed by atoms with van der Waals surface area (Å²) in [6.45, 7) is 1.64. The van der Waals surface area contributed by atoms with Crippen LogP contribution in [-0.2, 0) is 6.42 Å². The standard InChI is InChI=1S/C22H24BN3O2/c23-18-8-4-5-15(13-18)14-19-20(24-22(28)25-21(19)27)26-11-9-17(10-12-26)16-6-2-1-3-7-16/h1-8,13,17H,9-12,14,23H2,(H2,24,25,27,28). The SMILES string of the molecule is Bc1cccc(Cc2c(N3CCC(c4ccccc4)CC3)[nH]c(=O)[nH]c2=O)c1. The summed E-state index contributed by atoms with van der Waals surface area (Å²) < 4.78 is 0. The van der Waals surface area contributed by atoms with E-state index in [1.807, 2.05) is 32.1 Å². The van der Waals surface area contributed by atoms with Crippen molar-refractivity contribution in [2.75, 3.05) is 18.0 Å². The van der Waals surface area contributed by atoms with Crippen LogP contribution in [0.1, 0.15) is 35.4 Å². The van der Waals surface area contributed by atoms with Crippen LogP contribution in [0.5, 0.6) is 0 Å². The molecule has 0 aliphatic carbocycles. The zero-order valence-corrected chi connectivity index (χ0v) is 16.1. The van der Waals surface area contributed by atoms with Gasteiger partial charge in [-0.15, -0.1) is 0 Å². The molecule has 0 atom stereocenters. The number of nitrogens with zero attached hydrogens (tertiary/aromatic N) is 1. The van der Waals surface area contributed by atoms with Gasteiger partial charge in [0.2, 0.25) is 0 Å². The zero-order chi connectivity index (χ0) is 19.5. The summed E-state index contributed by atoms with van der Waals surface area (Å²) >= 11 is 0. The van der Waals surface area contributed by atoms with E-state index in [-0.39, 0.29) is 5.56 Å². The largest absolute Gasteiger partial charge is 0.358 e. The second kappa shape index (κ2) is 7.93. The fourth-order valence-corrected chi connectivity index (χ4v) is 4.12. The minimum absolute atomic E-state index is 0.301. The first-order valence-electron chi connectivity index (χ1n) is 9.81. The molecule has 2 aromatic carbocycles. The molecule has 1 aliphatic heterocycles. The maximum absolute atomic E-state index is 12.6. The summed E-state index contributed by atoms with van der Waals surface area (Å²) in [5, 5.41) is 0. The normalized spacial score (nSPS) is 14.9. The van der Waals surface area contributed by atoms with Gasteiger partial charge < -0.3 is 4.90 Å². The van der Waals surface area contributed by atoms with Gasteiger partial charge in [-0.2, -0.15) is 0 Å². The van der Waals surface area contributed by atoms with Crippen LogP contribution in [0.3, 0.4) is 0 Å². The first kappa shape index (κ1) is 18.4. The highest BCUT2D eigenvalue weighted by Crippen LogP contribution is 2.30. The molecule has 5 nitrogen and oxygen atoms in total. The fourth-order valence-electron chi connectivity index (χ4n) is 4.12. The Morgan fingerprint density at radius 1 is 0.964 bits per heavy atom. The number of rotatable bonds is 4. The topological polar surface area (TPSA) is 69.0 Å². The first-order chi connectivity index (χ1) is 13.6. The van der Waals surface area contributed by atoms with E-state index in [1.54, 1.807) is 0 Å². The van der Waals surface area contributed by atoms with Gasteiger partial charge in [-0.3, -0.25) is 14.8 Å².